The van der Waals surface area contributed by atoms with Crippen LogP contribution in [0.15, 0.2) is 0 Å². The molecule has 0 aliphatic rings. The van der Waals surface area contributed by atoms with Gasteiger partial charge in [0.1, 0.15) is 19.3 Å². The maximum absolute atomic E-state index is 13.1. The molecule has 0 saturated carbocycles. The molecule has 564 valence electrons. The first-order valence-corrected chi connectivity index (χ1v) is 42.2. The van der Waals surface area contributed by atoms with Crippen LogP contribution in [-0.2, 0) is 65.4 Å². The quantitative estimate of drug-likeness (QED) is 0.0222. The van der Waals surface area contributed by atoms with Crippen LogP contribution < -0.4 is 0 Å². The molecule has 0 aliphatic heterocycles. The van der Waals surface area contributed by atoms with Crippen molar-refractivity contribution < 1.29 is 80.2 Å². The summed E-state index contributed by atoms with van der Waals surface area (Å²) in [6, 6.07) is 0. The molecule has 0 fully saturated rings. The summed E-state index contributed by atoms with van der Waals surface area (Å²) in [7, 11) is -9.91. The molecule has 0 amide bonds. The molecule has 6 atom stereocenters. The Morgan fingerprint density at radius 1 is 0.295 bits per heavy atom. The van der Waals surface area contributed by atoms with E-state index in [0.29, 0.717) is 25.7 Å². The van der Waals surface area contributed by atoms with Gasteiger partial charge in [0.25, 0.3) is 0 Å². The van der Waals surface area contributed by atoms with Gasteiger partial charge >= 0.3 is 39.5 Å². The monoisotopic (exact) mass is 1400 g/mol. The first-order valence-electron chi connectivity index (χ1n) is 39.2. The number of ether oxygens (including phenoxy) is 4. The Bertz CT molecular complexity index is 1870. The van der Waals surface area contributed by atoms with Gasteiger partial charge in [-0.2, -0.15) is 0 Å². The molecule has 0 aromatic rings. The molecule has 0 saturated heterocycles. The number of unbranched alkanes of at least 4 members (excludes halogenated alkanes) is 38. The Kier molecular flexibility index (Phi) is 64.0. The lowest BCUT2D eigenvalue weighted by atomic mass is 9.99. The van der Waals surface area contributed by atoms with E-state index in [-0.39, 0.29) is 25.7 Å². The average molecular weight is 1400 g/mol. The van der Waals surface area contributed by atoms with Gasteiger partial charge in [0, 0.05) is 25.7 Å². The zero-order chi connectivity index (χ0) is 70.3. The summed E-state index contributed by atoms with van der Waals surface area (Å²) in [6.45, 7) is 14.2. The molecule has 3 N–H and O–H groups in total. The van der Waals surface area contributed by atoms with E-state index < -0.39 is 97.5 Å². The van der Waals surface area contributed by atoms with Gasteiger partial charge in [-0.05, 0) is 49.4 Å². The van der Waals surface area contributed by atoms with Gasteiger partial charge in [0.05, 0.1) is 26.4 Å². The van der Waals surface area contributed by atoms with Gasteiger partial charge in [0.2, 0.25) is 0 Å². The fourth-order valence-electron chi connectivity index (χ4n) is 11.5. The number of hydrogen-bond donors (Lipinski definition) is 3. The molecule has 17 nitrogen and oxygen atoms in total. The van der Waals surface area contributed by atoms with Crippen molar-refractivity contribution in [3.63, 3.8) is 0 Å². The third kappa shape index (κ3) is 69.0. The molecule has 0 aromatic heterocycles. The highest BCUT2D eigenvalue weighted by atomic mass is 31.2. The van der Waals surface area contributed by atoms with Gasteiger partial charge < -0.3 is 33.8 Å². The van der Waals surface area contributed by atoms with Crippen molar-refractivity contribution in [2.75, 3.05) is 39.6 Å². The Balaban J connectivity index is 5.26. The molecule has 0 heterocycles. The number of esters is 4. The van der Waals surface area contributed by atoms with Crippen molar-refractivity contribution in [3.8, 4) is 0 Å². The molecule has 19 heteroatoms. The minimum Gasteiger partial charge on any atom is -0.462 e. The molecular formula is C76H148O17P2. The third-order valence-corrected chi connectivity index (χ3v) is 19.8. The van der Waals surface area contributed by atoms with Crippen LogP contribution in [0.1, 0.15) is 383 Å². The predicted octanol–water partition coefficient (Wildman–Crippen LogP) is 22.0. The standard InChI is InChI=1S/C76H148O17P2/c1-9-69(8)55-47-39-31-22-16-12-10-11-13-17-24-34-42-50-58-75(80)92-71(62-86-73(78)56-48-40-32-23-18-14-15-20-28-36-44-52-66(2)3)64-90-94(82,83)88-60-70(77)61-89-95(84,85)91-65-72(63-87-74(79)57-49-41-33-27-26-30-38-46-54-68(6)7)93-76(81)59-51-43-35-25-19-21-29-37-45-53-67(4)5/h66-72,77H,9-65H2,1-8H3,(H,82,83)(H,84,85)/t69?,70?,71-,72-/m1/s1. The lowest BCUT2D eigenvalue weighted by molar-refractivity contribution is -0.161. The Morgan fingerprint density at radius 3 is 0.747 bits per heavy atom. The van der Waals surface area contributed by atoms with Crippen LogP contribution >= 0.6 is 15.6 Å². The lowest BCUT2D eigenvalue weighted by Gasteiger charge is -2.21. The summed E-state index contributed by atoms with van der Waals surface area (Å²) >= 11 is 0. The predicted molar refractivity (Wildman–Crippen MR) is 386 cm³/mol. The zero-order valence-electron chi connectivity index (χ0n) is 62.3. The molecule has 0 rings (SSSR count). The number of carbonyl (C=O) groups excluding carboxylic acids is 4. The first-order chi connectivity index (χ1) is 45.6. The number of carbonyl (C=O) groups is 4. The highest BCUT2D eigenvalue weighted by Crippen LogP contribution is 2.45. The molecule has 0 spiro atoms. The molecule has 4 unspecified atom stereocenters. The van der Waals surface area contributed by atoms with Crippen molar-refractivity contribution in [1.29, 1.82) is 0 Å². The summed E-state index contributed by atoms with van der Waals surface area (Å²) in [4.78, 5) is 72.8. The molecule has 0 aromatic carbocycles. The van der Waals surface area contributed by atoms with Crippen LogP contribution in [0.2, 0.25) is 0 Å². The highest BCUT2D eigenvalue weighted by molar-refractivity contribution is 7.47. The first kappa shape index (κ1) is 93.1. The molecule has 95 heavy (non-hydrogen) atoms. The second-order valence-electron chi connectivity index (χ2n) is 29.1. The van der Waals surface area contributed by atoms with Crippen LogP contribution in [-0.4, -0.2) is 96.7 Å². The summed E-state index contributed by atoms with van der Waals surface area (Å²) in [5, 5.41) is 10.6. The van der Waals surface area contributed by atoms with Gasteiger partial charge in [-0.1, -0.05) is 331 Å². The summed E-state index contributed by atoms with van der Waals surface area (Å²) in [5.41, 5.74) is 0. The zero-order valence-corrected chi connectivity index (χ0v) is 64.1. The Labute approximate surface area is 581 Å². The number of aliphatic hydroxyl groups is 1. The van der Waals surface area contributed by atoms with E-state index in [0.717, 1.165) is 114 Å². The van der Waals surface area contributed by atoms with Crippen LogP contribution in [0.4, 0.5) is 0 Å². The average Bonchev–Trinajstić information content (AvgIpc) is 1.27. The van der Waals surface area contributed by atoms with Crippen molar-refractivity contribution >= 4 is 39.5 Å². The number of rotatable bonds is 73. The van der Waals surface area contributed by atoms with Gasteiger partial charge in [-0.15, -0.1) is 0 Å². The summed E-state index contributed by atoms with van der Waals surface area (Å²) in [6.07, 6.45) is 49.9. The second-order valence-corrected chi connectivity index (χ2v) is 32.0. The fraction of sp³-hybridized carbons (Fsp3) is 0.947. The van der Waals surface area contributed by atoms with Crippen LogP contribution in [0, 0.1) is 23.7 Å². The van der Waals surface area contributed by atoms with Crippen molar-refractivity contribution in [2.45, 2.75) is 401 Å². The van der Waals surface area contributed by atoms with E-state index in [9.17, 15) is 43.2 Å². The highest BCUT2D eigenvalue weighted by Gasteiger charge is 2.30. The van der Waals surface area contributed by atoms with E-state index in [4.69, 9.17) is 37.0 Å². The van der Waals surface area contributed by atoms with Crippen LogP contribution in [0.25, 0.3) is 0 Å². The van der Waals surface area contributed by atoms with E-state index in [2.05, 4.69) is 55.4 Å². The molecule has 0 aliphatic carbocycles. The third-order valence-electron chi connectivity index (χ3n) is 17.9. The topological polar surface area (TPSA) is 237 Å². The van der Waals surface area contributed by atoms with E-state index in [1.807, 2.05) is 0 Å². The number of aliphatic hydroxyl groups excluding tert-OH is 1. The molecular weight excluding hydrogens is 1250 g/mol. The smallest absolute Gasteiger partial charge is 0.462 e. The largest absolute Gasteiger partial charge is 0.472 e. The Hall–Kier alpha value is -1.94. The summed E-state index contributed by atoms with van der Waals surface area (Å²) < 4.78 is 68.5. The maximum Gasteiger partial charge on any atom is 0.472 e. The fourth-order valence-corrected chi connectivity index (χ4v) is 13.1. The number of phosphoric acid groups is 2. The Morgan fingerprint density at radius 2 is 0.505 bits per heavy atom. The van der Waals surface area contributed by atoms with Crippen LogP contribution in [0.5, 0.6) is 0 Å². The normalized spacial score (nSPS) is 14.4. The number of phosphoric ester groups is 2. The molecule has 0 bridgehead atoms. The number of hydrogen-bond acceptors (Lipinski definition) is 15. The van der Waals surface area contributed by atoms with Gasteiger partial charge in [-0.3, -0.25) is 37.3 Å². The van der Waals surface area contributed by atoms with E-state index >= 15 is 0 Å². The van der Waals surface area contributed by atoms with Gasteiger partial charge in [0.15, 0.2) is 12.2 Å². The summed E-state index contributed by atoms with van der Waals surface area (Å²) in [5.74, 6) is 0.958. The van der Waals surface area contributed by atoms with E-state index in [1.165, 1.54) is 186 Å². The van der Waals surface area contributed by atoms with Crippen molar-refractivity contribution in [1.82, 2.24) is 0 Å². The van der Waals surface area contributed by atoms with Crippen molar-refractivity contribution in [3.05, 3.63) is 0 Å². The van der Waals surface area contributed by atoms with Crippen LogP contribution in [0.3, 0.4) is 0 Å². The minimum absolute atomic E-state index is 0.104. The van der Waals surface area contributed by atoms with E-state index in [1.54, 1.807) is 0 Å². The SMILES string of the molecule is CCC(C)CCCCCCCCCCCCCCCCC(=O)O[C@H](COC(=O)CCCCCCCCCCCCCC(C)C)COP(=O)(O)OCC(O)COP(=O)(O)OC[C@@H](COC(=O)CCCCCCCCCCC(C)C)OC(=O)CCCCCCCCCCCC(C)C. The lowest BCUT2D eigenvalue weighted by Crippen LogP contribution is -2.30. The minimum atomic E-state index is -4.96. The maximum atomic E-state index is 13.1. The van der Waals surface area contributed by atoms with Gasteiger partial charge in [-0.25, -0.2) is 9.13 Å². The van der Waals surface area contributed by atoms with Crippen molar-refractivity contribution in [2.24, 2.45) is 23.7 Å². The molecule has 0 radical (unpaired) electrons. The second kappa shape index (κ2) is 65.4.